The van der Waals surface area contributed by atoms with Gasteiger partial charge in [0.2, 0.25) is 0 Å². The lowest BCUT2D eigenvalue weighted by molar-refractivity contribution is -0.141. The van der Waals surface area contributed by atoms with Crippen LogP contribution in [0.15, 0.2) is 58.5 Å². The monoisotopic (exact) mass is 515 g/mol. The summed E-state index contributed by atoms with van der Waals surface area (Å²) in [5, 5.41) is 14.7. The maximum atomic E-state index is 12.7. The Kier molecular flexibility index (Phi) is 6.59. The van der Waals surface area contributed by atoms with Crippen LogP contribution in [0.25, 0.3) is 11.1 Å². The zero-order valence-electron chi connectivity index (χ0n) is 17.5. The molecule has 2 N–H and O–H groups in total. The Labute approximate surface area is 198 Å². The number of rotatable bonds is 7. The van der Waals surface area contributed by atoms with Crippen molar-refractivity contribution >= 4 is 39.3 Å². The first-order valence-electron chi connectivity index (χ1n) is 9.98. The lowest BCUT2D eigenvalue weighted by Crippen LogP contribution is -2.49. The van der Waals surface area contributed by atoms with Crippen LogP contribution in [0.5, 0.6) is 0 Å². The molecule has 4 rings (SSSR count). The summed E-state index contributed by atoms with van der Waals surface area (Å²) in [6, 6.07) is 14.2. The number of hydrogen-bond acceptors (Lipinski definition) is 6. The predicted octanol–water partition coefficient (Wildman–Crippen LogP) is 4.50. The number of carbonyl (C=O) groups excluding carboxylic acids is 1. The molecule has 166 valence electrons. The molecule has 32 heavy (non-hydrogen) atoms. The van der Waals surface area contributed by atoms with Gasteiger partial charge in [0.1, 0.15) is 16.2 Å². The number of carboxylic acid groups (broad SMARTS) is 1. The van der Waals surface area contributed by atoms with Crippen LogP contribution in [-0.4, -0.2) is 53.8 Å². The first-order valence-corrected chi connectivity index (χ1v) is 11.7. The molecule has 0 bridgehead atoms. The largest absolute Gasteiger partial charge is 0.480 e. The molecule has 7 nitrogen and oxygen atoms in total. The zero-order valence-corrected chi connectivity index (χ0v) is 19.9. The molecule has 1 aromatic heterocycles. The maximum Gasteiger partial charge on any atom is 0.407 e. The normalized spacial score (nSPS) is 14.5. The van der Waals surface area contributed by atoms with Crippen LogP contribution in [0.1, 0.15) is 28.1 Å². The fourth-order valence-corrected chi connectivity index (χ4v) is 5.60. The van der Waals surface area contributed by atoms with E-state index in [1.807, 2.05) is 36.4 Å². The third-order valence-corrected chi connectivity index (χ3v) is 7.13. The summed E-state index contributed by atoms with van der Waals surface area (Å²) in [4.78, 5) is 30.7. The second-order valence-corrected chi connectivity index (χ2v) is 9.40. The first-order chi connectivity index (χ1) is 15.4. The summed E-state index contributed by atoms with van der Waals surface area (Å²) in [6.45, 7) is 0.113. The van der Waals surface area contributed by atoms with E-state index < -0.39 is 24.1 Å². The number of alkyl carbamates (subject to hydrolysis) is 1. The highest BCUT2D eigenvalue weighted by molar-refractivity contribution is 9.10. The van der Waals surface area contributed by atoms with Gasteiger partial charge in [-0.3, -0.25) is 4.90 Å². The molecular weight excluding hydrogens is 494 g/mol. The Bertz CT molecular complexity index is 1100. The summed E-state index contributed by atoms with van der Waals surface area (Å²) in [6.07, 6.45) is -0.776. The summed E-state index contributed by atoms with van der Waals surface area (Å²) in [7, 11) is 3.49. The molecule has 1 aliphatic rings. The number of benzene rings is 2. The molecule has 0 saturated carbocycles. The number of aliphatic carboxylic acids is 1. The van der Waals surface area contributed by atoms with Gasteiger partial charge >= 0.3 is 12.1 Å². The van der Waals surface area contributed by atoms with Crippen LogP contribution >= 0.6 is 27.3 Å². The Balaban J connectivity index is 1.50. The number of nitrogens with zero attached hydrogens (tertiary/aromatic N) is 2. The zero-order chi connectivity index (χ0) is 22.8. The van der Waals surface area contributed by atoms with Gasteiger partial charge in [-0.05, 0) is 52.3 Å². The number of aromatic nitrogens is 1. The molecule has 3 aromatic rings. The second kappa shape index (κ2) is 9.40. The van der Waals surface area contributed by atoms with E-state index in [1.165, 1.54) is 11.3 Å². The number of nitrogens with one attached hydrogen (secondary N) is 1. The van der Waals surface area contributed by atoms with Crippen LogP contribution < -0.4 is 5.32 Å². The van der Waals surface area contributed by atoms with Gasteiger partial charge < -0.3 is 15.2 Å². The van der Waals surface area contributed by atoms with E-state index in [9.17, 15) is 14.7 Å². The number of carbonyl (C=O) groups is 2. The average molecular weight is 516 g/mol. The molecule has 2 unspecified atom stereocenters. The highest BCUT2D eigenvalue weighted by Gasteiger charge is 2.36. The van der Waals surface area contributed by atoms with Crippen molar-refractivity contribution in [2.24, 2.45) is 0 Å². The molecule has 1 amide bonds. The minimum atomic E-state index is -1.22. The van der Waals surface area contributed by atoms with Gasteiger partial charge in [0.25, 0.3) is 0 Å². The van der Waals surface area contributed by atoms with E-state index >= 15 is 0 Å². The molecule has 1 heterocycles. The summed E-state index contributed by atoms with van der Waals surface area (Å²) >= 11 is 4.62. The van der Waals surface area contributed by atoms with Crippen LogP contribution in [0.4, 0.5) is 4.79 Å². The standard InChI is InChI=1S/C23H22BrN3O4S/c1-27(2)20(21-25-18(24)12-32-21)19(22(28)29)26-23(30)31-11-17-15-9-5-3-7-13(15)14-8-4-6-10-16(14)17/h3-10,12,17,19-20H,11H2,1-2H3,(H,26,30)(H,28,29). The fraction of sp³-hybridized carbons (Fsp3) is 0.261. The van der Waals surface area contributed by atoms with Crippen molar-refractivity contribution in [2.75, 3.05) is 20.7 Å². The number of thiazole rings is 1. The summed E-state index contributed by atoms with van der Waals surface area (Å²) in [5.74, 6) is -1.26. The smallest absolute Gasteiger partial charge is 0.407 e. The van der Waals surface area contributed by atoms with Crippen LogP contribution in [0, 0.1) is 0 Å². The third kappa shape index (κ3) is 4.41. The van der Waals surface area contributed by atoms with Gasteiger partial charge in [-0.25, -0.2) is 14.6 Å². The van der Waals surface area contributed by atoms with Crippen molar-refractivity contribution in [1.29, 1.82) is 0 Å². The lowest BCUT2D eigenvalue weighted by atomic mass is 9.98. The lowest BCUT2D eigenvalue weighted by Gasteiger charge is -2.28. The predicted molar refractivity (Wildman–Crippen MR) is 126 cm³/mol. The minimum absolute atomic E-state index is 0.101. The van der Waals surface area contributed by atoms with Gasteiger partial charge in [-0.1, -0.05) is 48.5 Å². The fourth-order valence-electron chi connectivity index (χ4n) is 4.11. The molecule has 0 spiro atoms. The number of carboxylic acids is 1. The number of halogens is 1. The number of likely N-dealkylation sites (N-methyl/N-ethyl adjacent to an activating group) is 1. The molecule has 2 aromatic carbocycles. The van der Waals surface area contributed by atoms with Gasteiger partial charge in [0.05, 0.1) is 6.04 Å². The first kappa shape index (κ1) is 22.4. The van der Waals surface area contributed by atoms with Gasteiger partial charge in [0.15, 0.2) is 6.04 Å². The molecular formula is C23H22BrN3O4S. The molecule has 0 saturated heterocycles. The molecule has 9 heteroatoms. The number of ether oxygens (including phenoxy) is 1. The SMILES string of the molecule is CN(C)C(c1nc(Br)cs1)C(NC(=O)OCC1c2ccccc2-c2ccccc21)C(=O)O. The van der Waals surface area contributed by atoms with E-state index in [0.717, 1.165) is 22.3 Å². The average Bonchev–Trinajstić information content (AvgIpc) is 3.33. The second-order valence-electron chi connectivity index (χ2n) is 7.70. The van der Waals surface area contributed by atoms with Gasteiger partial charge in [0, 0.05) is 11.3 Å². The van der Waals surface area contributed by atoms with E-state index in [1.54, 1.807) is 24.4 Å². The van der Waals surface area contributed by atoms with Crippen LogP contribution in [-0.2, 0) is 9.53 Å². The van der Waals surface area contributed by atoms with Gasteiger partial charge in [-0.2, -0.15) is 0 Å². The minimum Gasteiger partial charge on any atom is -0.480 e. The van der Waals surface area contributed by atoms with Crippen molar-refractivity contribution in [2.45, 2.75) is 18.0 Å². The molecule has 0 radical (unpaired) electrons. The van der Waals surface area contributed by atoms with Crippen molar-refractivity contribution in [3.8, 4) is 11.1 Å². The highest BCUT2D eigenvalue weighted by Crippen LogP contribution is 2.44. The number of amides is 1. The van der Waals surface area contributed by atoms with Crippen molar-refractivity contribution in [3.05, 3.63) is 74.6 Å². The molecule has 0 fully saturated rings. The van der Waals surface area contributed by atoms with E-state index in [2.05, 4.69) is 38.4 Å². The molecule has 2 atom stereocenters. The molecule has 0 aliphatic heterocycles. The van der Waals surface area contributed by atoms with E-state index in [4.69, 9.17) is 4.74 Å². The van der Waals surface area contributed by atoms with E-state index in [-0.39, 0.29) is 12.5 Å². The Morgan fingerprint density at radius 1 is 1.16 bits per heavy atom. The highest BCUT2D eigenvalue weighted by atomic mass is 79.9. The Morgan fingerprint density at radius 2 is 1.75 bits per heavy atom. The Morgan fingerprint density at radius 3 is 2.25 bits per heavy atom. The Hall–Kier alpha value is -2.75. The number of hydrogen-bond donors (Lipinski definition) is 2. The van der Waals surface area contributed by atoms with Crippen molar-refractivity contribution < 1.29 is 19.4 Å². The van der Waals surface area contributed by atoms with Crippen LogP contribution in [0.3, 0.4) is 0 Å². The number of fused-ring (bicyclic) bond motifs is 3. The summed E-state index contributed by atoms with van der Waals surface area (Å²) in [5.41, 5.74) is 4.44. The van der Waals surface area contributed by atoms with Gasteiger partial charge in [-0.15, -0.1) is 11.3 Å². The van der Waals surface area contributed by atoms with E-state index in [0.29, 0.717) is 9.61 Å². The quantitative estimate of drug-likeness (QED) is 0.481. The van der Waals surface area contributed by atoms with Crippen molar-refractivity contribution in [3.63, 3.8) is 0 Å². The summed E-state index contributed by atoms with van der Waals surface area (Å²) < 4.78 is 6.15. The molecule has 1 aliphatic carbocycles. The van der Waals surface area contributed by atoms with Crippen LogP contribution in [0.2, 0.25) is 0 Å². The topological polar surface area (TPSA) is 91.8 Å². The van der Waals surface area contributed by atoms with Crippen molar-refractivity contribution in [1.82, 2.24) is 15.2 Å². The third-order valence-electron chi connectivity index (χ3n) is 5.50. The maximum absolute atomic E-state index is 12.7.